The van der Waals surface area contributed by atoms with Crippen molar-refractivity contribution in [3.63, 3.8) is 0 Å². The summed E-state index contributed by atoms with van der Waals surface area (Å²) >= 11 is 3.31. The van der Waals surface area contributed by atoms with E-state index in [2.05, 4.69) is 26.2 Å². The first-order valence-corrected chi connectivity index (χ1v) is 9.32. The minimum absolute atomic E-state index is 0.0620. The van der Waals surface area contributed by atoms with E-state index in [0.29, 0.717) is 28.3 Å². The van der Waals surface area contributed by atoms with E-state index in [1.54, 1.807) is 18.2 Å². The molecule has 1 aliphatic rings. The summed E-state index contributed by atoms with van der Waals surface area (Å²) in [5, 5.41) is 13.0. The fourth-order valence-electron chi connectivity index (χ4n) is 2.69. The van der Waals surface area contributed by atoms with E-state index < -0.39 is 10.0 Å². The summed E-state index contributed by atoms with van der Waals surface area (Å²) in [6.45, 7) is 0.834. The van der Waals surface area contributed by atoms with E-state index in [9.17, 15) is 18.3 Å². The van der Waals surface area contributed by atoms with Crippen molar-refractivity contribution in [2.24, 2.45) is 0 Å². The highest BCUT2D eigenvalue weighted by molar-refractivity contribution is 9.10. The molecule has 2 heterocycles. The molecule has 1 aromatic carbocycles. The Morgan fingerprint density at radius 1 is 1.35 bits per heavy atom. The fourth-order valence-corrected chi connectivity index (χ4v) is 4.69. The zero-order chi connectivity index (χ0) is 16.6. The summed E-state index contributed by atoms with van der Waals surface area (Å²) in [6, 6.07) is 4.62. The Labute approximate surface area is 141 Å². The van der Waals surface area contributed by atoms with Gasteiger partial charge >= 0.3 is 0 Å². The van der Waals surface area contributed by atoms with Gasteiger partial charge in [0.15, 0.2) is 0 Å². The Kier molecular flexibility index (Phi) is 4.56. The molecule has 1 aromatic heterocycles. The molecular formula is C14H16BrN3O4S. The number of rotatable bonds is 3. The first-order chi connectivity index (χ1) is 10.9. The standard InChI is InChI=1S/C14H16BrN3O4S/c15-9-1-2-11-12(5-9)13(6-17-14(11)20)23(21,22)18-4-3-16-10(7-18)8-19/h1-2,5-6,10,16,19H,3-4,7-8H2,(H,17,20)/t10-/m1/s1. The smallest absolute Gasteiger partial charge is 0.255 e. The molecule has 7 nitrogen and oxygen atoms in total. The number of pyridine rings is 1. The molecular weight excluding hydrogens is 386 g/mol. The lowest BCUT2D eigenvalue weighted by Gasteiger charge is -2.32. The van der Waals surface area contributed by atoms with Crippen LogP contribution in [0.3, 0.4) is 0 Å². The van der Waals surface area contributed by atoms with E-state index in [4.69, 9.17) is 0 Å². The van der Waals surface area contributed by atoms with Crippen LogP contribution < -0.4 is 10.9 Å². The van der Waals surface area contributed by atoms with Crippen molar-refractivity contribution in [2.75, 3.05) is 26.2 Å². The summed E-state index contributed by atoms with van der Waals surface area (Å²) in [4.78, 5) is 14.5. The SMILES string of the molecule is O=c1[nH]cc(S(=O)(=O)N2CCN[C@@H](CO)C2)c2cc(Br)ccc12. The molecule has 3 rings (SSSR count). The number of sulfonamides is 1. The molecule has 9 heteroatoms. The maximum absolute atomic E-state index is 13.0. The van der Waals surface area contributed by atoms with Gasteiger partial charge in [-0.1, -0.05) is 15.9 Å². The number of piperazine rings is 1. The normalized spacial score (nSPS) is 20.0. The predicted molar refractivity (Wildman–Crippen MR) is 89.9 cm³/mol. The lowest BCUT2D eigenvalue weighted by molar-refractivity contribution is 0.195. The summed E-state index contributed by atoms with van der Waals surface area (Å²) in [5.74, 6) is 0. The maximum atomic E-state index is 13.0. The van der Waals surface area contributed by atoms with Crippen molar-refractivity contribution < 1.29 is 13.5 Å². The van der Waals surface area contributed by atoms with E-state index >= 15 is 0 Å². The largest absolute Gasteiger partial charge is 0.395 e. The van der Waals surface area contributed by atoms with Crippen molar-refractivity contribution in [3.05, 3.63) is 39.2 Å². The molecule has 2 aromatic rings. The summed E-state index contributed by atoms with van der Waals surface area (Å²) in [5.41, 5.74) is -0.333. The van der Waals surface area contributed by atoms with Gasteiger partial charge in [0.1, 0.15) is 4.90 Å². The first-order valence-electron chi connectivity index (χ1n) is 7.09. The molecule has 0 aliphatic carbocycles. The third-order valence-corrected chi connectivity index (χ3v) is 6.28. The van der Waals surface area contributed by atoms with Gasteiger partial charge in [0, 0.05) is 47.1 Å². The molecule has 0 bridgehead atoms. The van der Waals surface area contributed by atoms with Crippen LogP contribution in [0.5, 0.6) is 0 Å². The van der Waals surface area contributed by atoms with E-state index in [0.717, 1.165) is 0 Å². The van der Waals surface area contributed by atoms with Crippen LogP contribution in [0.1, 0.15) is 0 Å². The first kappa shape index (κ1) is 16.6. The molecule has 1 atom stereocenters. The molecule has 1 aliphatic heterocycles. The van der Waals surface area contributed by atoms with Crippen molar-refractivity contribution in [1.82, 2.24) is 14.6 Å². The number of halogens is 1. The lowest BCUT2D eigenvalue weighted by atomic mass is 10.2. The number of aliphatic hydroxyl groups excluding tert-OH is 1. The number of aromatic amines is 1. The second kappa shape index (κ2) is 6.33. The molecule has 0 spiro atoms. The van der Waals surface area contributed by atoms with E-state index in [1.165, 1.54) is 10.5 Å². The Morgan fingerprint density at radius 2 is 2.13 bits per heavy atom. The highest BCUT2D eigenvalue weighted by Gasteiger charge is 2.31. The fraction of sp³-hybridized carbons (Fsp3) is 0.357. The average molecular weight is 402 g/mol. The van der Waals surface area contributed by atoms with E-state index in [-0.39, 0.29) is 29.6 Å². The number of nitrogens with one attached hydrogen (secondary N) is 2. The zero-order valence-electron chi connectivity index (χ0n) is 12.1. The summed E-state index contributed by atoms with van der Waals surface area (Å²) in [6.07, 6.45) is 1.24. The topological polar surface area (TPSA) is 102 Å². The van der Waals surface area contributed by atoms with Gasteiger partial charge in [-0.3, -0.25) is 4.79 Å². The van der Waals surface area contributed by atoms with Crippen LogP contribution >= 0.6 is 15.9 Å². The van der Waals surface area contributed by atoms with Gasteiger partial charge in [-0.25, -0.2) is 8.42 Å². The number of nitrogens with zero attached hydrogens (tertiary/aromatic N) is 1. The van der Waals surface area contributed by atoms with Crippen LogP contribution in [0, 0.1) is 0 Å². The monoisotopic (exact) mass is 401 g/mol. The van der Waals surface area contributed by atoms with Gasteiger partial charge in [0.25, 0.3) is 5.56 Å². The third-order valence-electron chi connectivity index (χ3n) is 3.88. The number of aromatic nitrogens is 1. The Bertz CT molecular complexity index is 897. The third kappa shape index (κ3) is 3.07. The average Bonchev–Trinajstić information content (AvgIpc) is 2.54. The van der Waals surface area contributed by atoms with Gasteiger partial charge in [0.2, 0.25) is 10.0 Å². The van der Waals surface area contributed by atoms with Crippen LogP contribution in [0.15, 0.2) is 38.6 Å². The number of aliphatic hydroxyl groups is 1. The number of hydrogen-bond donors (Lipinski definition) is 3. The second-order valence-electron chi connectivity index (χ2n) is 5.37. The molecule has 0 amide bonds. The molecule has 0 saturated carbocycles. The van der Waals surface area contributed by atoms with Crippen LogP contribution in [-0.2, 0) is 10.0 Å². The van der Waals surface area contributed by atoms with Crippen LogP contribution in [0.2, 0.25) is 0 Å². The van der Waals surface area contributed by atoms with Gasteiger partial charge in [-0.15, -0.1) is 0 Å². The molecule has 3 N–H and O–H groups in total. The molecule has 0 unspecified atom stereocenters. The minimum Gasteiger partial charge on any atom is -0.395 e. The Hall–Kier alpha value is -1.26. The minimum atomic E-state index is -3.77. The number of benzene rings is 1. The van der Waals surface area contributed by atoms with Crippen LogP contribution in [0.25, 0.3) is 10.8 Å². The van der Waals surface area contributed by atoms with E-state index in [1.807, 2.05) is 0 Å². The van der Waals surface area contributed by atoms with Gasteiger partial charge in [0.05, 0.1) is 6.61 Å². The van der Waals surface area contributed by atoms with Crippen molar-refractivity contribution in [2.45, 2.75) is 10.9 Å². The molecule has 124 valence electrons. The highest BCUT2D eigenvalue weighted by Crippen LogP contribution is 2.26. The van der Waals surface area contributed by atoms with Crippen molar-refractivity contribution >= 4 is 36.7 Å². The van der Waals surface area contributed by atoms with Crippen molar-refractivity contribution in [3.8, 4) is 0 Å². The van der Waals surface area contributed by atoms with Crippen LogP contribution in [0.4, 0.5) is 0 Å². The quantitative estimate of drug-likeness (QED) is 0.683. The van der Waals surface area contributed by atoms with Gasteiger partial charge in [-0.05, 0) is 18.2 Å². The summed E-state index contributed by atoms with van der Waals surface area (Å²) in [7, 11) is -3.77. The Morgan fingerprint density at radius 3 is 2.87 bits per heavy atom. The number of H-pyrrole nitrogens is 1. The number of hydrogen-bond acceptors (Lipinski definition) is 5. The van der Waals surface area contributed by atoms with Crippen LogP contribution in [-0.4, -0.2) is 55.1 Å². The van der Waals surface area contributed by atoms with Crippen molar-refractivity contribution in [1.29, 1.82) is 0 Å². The Balaban J connectivity index is 2.13. The molecule has 1 fully saturated rings. The molecule has 0 radical (unpaired) electrons. The lowest BCUT2D eigenvalue weighted by Crippen LogP contribution is -2.53. The summed E-state index contributed by atoms with van der Waals surface area (Å²) < 4.78 is 28.0. The second-order valence-corrected chi connectivity index (χ2v) is 8.19. The zero-order valence-corrected chi connectivity index (χ0v) is 14.5. The predicted octanol–water partition coefficient (Wildman–Crippen LogP) is 0.245. The van der Waals surface area contributed by atoms with Gasteiger partial charge in [-0.2, -0.15) is 4.31 Å². The molecule has 23 heavy (non-hydrogen) atoms. The maximum Gasteiger partial charge on any atom is 0.255 e. The highest BCUT2D eigenvalue weighted by atomic mass is 79.9. The van der Waals surface area contributed by atoms with Gasteiger partial charge < -0.3 is 15.4 Å². The number of fused-ring (bicyclic) bond motifs is 1. The molecule has 1 saturated heterocycles.